The lowest BCUT2D eigenvalue weighted by molar-refractivity contribution is -0.117. The van der Waals surface area contributed by atoms with Crippen LogP contribution < -0.4 is 5.32 Å². The van der Waals surface area contributed by atoms with E-state index in [1.807, 2.05) is 0 Å². The van der Waals surface area contributed by atoms with Crippen LogP contribution in [0.25, 0.3) is 0 Å². The summed E-state index contributed by atoms with van der Waals surface area (Å²) in [6, 6.07) is 2.42. The van der Waals surface area contributed by atoms with Gasteiger partial charge in [0, 0.05) is 5.54 Å². The average molecular weight is 274 g/mol. The SMILES string of the molecule is CC(C)(C#N)CCNC12CC3CC(C)(CC(C)(C3)C1)C2. The van der Waals surface area contributed by atoms with E-state index in [0.29, 0.717) is 16.4 Å². The molecule has 0 aromatic rings. The van der Waals surface area contributed by atoms with Crippen molar-refractivity contribution in [3.8, 4) is 6.07 Å². The van der Waals surface area contributed by atoms with E-state index in [9.17, 15) is 0 Å². The van der Waals surface area contributed by atoms with Gasteiger partial charge < -0.3 is 5.32 Å². The lowest BCUT2D eigenvalue weighted by atomic mass is 9.43. The molecule has 112 valence electrons. The van der Waals surface area contributed by atoms with Crippen LogP contribution >= 0.6 is 0 Å². The van der Waals surface area contributed by atoms with E-state index in [1.165, 1.54) is 38.5 Å². The number of nitrogens with one attached hydrogen (secondary N) is 1. The average Bonchev–Trinajstić information content (AvgIpc) is 2.23. The summed E-state index contributed by atoms with van der Waals surface area (Å²) in [6.45, 7) is 10.1. The molecule has 4 bridgehead atoms. The highest BCUT2D eigenvalue weighted by Crippen LogP contribution is 2.66. The minimum atomic E-state index is -0.191. The van der Waals surface area contributed by atoms with E-state index in [0.717, 1.165) is 18.9 Å². The van der Waals surface area contributed by atoms with E-state index in [4.69, 9.17) is 5.26 Å². The van der Waals surface area contributed by atoms with E-state index in [1.54, 1.807) is 0 Å². The van der Waals surface area contributed by atoms with Crippen molar-refractivity contribution in [2.45, 2.75) is 78.2 Å². The van der Waals surface area contributed by atoms with E-state index in [2.05, 4.69) is 39.1 Å². The van der Waals surface area contributed by atoms with Gasteiger partial charge in [0.25, 0.3) is 0 Å². The third kappa shape index (κ3) is 2.50. The summed E-state index contributed by atoms with van der Waals surface area (Å²) in [5, 5.41) is 13.1. The Hall–Kier alpha value is -0.550. The zero-order valence-corrected chi connectivity index (χ0v) is 13.7. The Labute approximate surface area is 124 Å². The van der Waals surface area contributed by atoms with Gasteiger partial charge in [-0.15, -0.1) is 0 Å². The van der Waals surface area contributed by atoms with Crippen LogP contribution in [0.2, 0.25) is 0 Å². The van der Waals surface area contributed by atoms with Crippen molar-refractivity contribution >= 4 is 0 Å². The summed E-state index contributed by atoms with van der Waals surface area (Å²) in [5.74, 6) is 0.942. The monoisotopic (exact) mass is 274 g/mol. The molecule has 0 amide bonds. The van der Waals surface area contributed by atoms with Gasteiger partial charge in [0.2, 0.25) is 0 Å². The van der Waals surface area contributed by atoms with Crippen LogP contribution in [0.4, 0.5) is 0 Å². The van der Waals surface area contributed by atoms with Crippen molar-refractivity contribution in [2.75, 3.05) is 6.54 Å². The van der Waals surface area contributed by atoms with Gasteiger partial charge >= 0.3 is 0 Å². The molecule has 4 aliphatic carbocycles. The first-order chi connectivity index (χ1) is 9.17. The van der Waals surface area contributed by atoms with Crippen LogP contribution in [0, 0.1) is 33.5 Å². The molecular formula is C18H30N2. The second-order valence-corrected chi connectivity index (χ2v) is 9.58. The topological polar surface area (TPSA) is 35.8 Å². The fourth-order valence-electron chi connectivity index (χ4n) is 6.34. The van der Waals surface area contributed by atoms with Crippen molar-refractivity contribution in [3.63, 3.8) is 0 Å². The van der Waals surface area contributed by atoms with Crippen LogP contribution in [0.5, 0.6) is 0 Å². The molecule has 0 radical (unpaired) electrons. The summed E-state index contributed by atoms with van der Waals surface area (Å²) < 4.78 is 0. The molecule has 0 aromatic heterocycles. The molecule has 1 N–H and O–H groups in total. The van der Waals surface area contributed by atoms with E-state index in [-0.39, 0.29) is 5.41 Å². The molecule has 0 aromatic carbocycles. The maximum absolute atomic E-state index is 9.16. The predicted molar refractivity (Wildman–Crippen MR) is 82.2 cm³/mol. The van der Waals surface area contributed by atoms with Gasteiger partial charge in [-0.1, -0.05) is 13.8 Å². The van der Waals surface area contributed by atoms with Crippen molar-refractivity contribution in [1.82, 2.24) is 5.32 Å². The van der Waals surface area contributed by atoms with E-state index < -0.39 is 0 Å². The summed E-state index contributed by atoms with van der Waals surface area (Å²) in [6.07, 6.45) is 9.40. The van der Waals surface area contributed by atoms with Gasteiger partial charge in [-0.05, 0) is 82.1 Å². The Morgan fingerprint density at radius 2 is 1.70 bits per heavy atom. The molecule has 2 unspecified atom stereocenters. The van der Waals surface area contributed by atoms with Crippen molar-refractivity contribution in [3.05, 3.63) is 0 Å². The molecule has 2 atom stereocenters. The number of nitrogens with zero attached hydrogens (tertiary/aromatic N) is 1. The molecule has 0 spiro atoms. The summed E-state index contributed by atoms with van der Waals surface area (Å²) in [5.41, 5.74) is 1.34. The molecule has 0 heterocycles. The normalized spacial score (nSPS) is 46.5. The van der Waals surface area contributed by atoms with Gasteiger partial charge in [0.1, 0.15) is 0 Å². The Morgan fingerprint density at radius 3 is 2.20 bits per heavy atom. The zero-order chi connectivity index (χ0) is 14.6. The van der Waals surface area contributed by atoms with Crippen molar-refractivity contribution in [2.24, 2.45) is 22.2 Å². The van der Waals surface area contributed by atoms with Gasteiger partial charge in [-0.3, -0.25) is 0 Å². The molecule has 0 saturated heterocycles. The summed E-state index contributed by atoms with van der Waals surface area (Å²) >= 11 is 0. The number of hydrogen-bond acceptors (Lipinski definition) is 2. The van der Waals surface area contributed by atoms with Gasteiger partial charge in [0.05, 0.1) is 11.5 Å². The van der Waals surface area contributed by atoms with Gasteiger partial charge in [-0.2, -0.15) is 5.26 Å². The van der Waals surface area contributed by atoms with E-state index >= 15 is 0 Å². The predicted octanol–water partition coefficient (Wildman–Crippen LogP) is 4.26. The van der Waals surface area contributed by atoms with Crippen LogP contribution in [0.1, 0.15) is 72.6 Å². The van der Waals surface area contributed by atoms with Crippen LogP contribution in [0.15, 0.2) is 0 Å². The minimum absolute atomic E-state index is 0.191. The zero-order valence-electron chi connectivity index (χ0n) is 13.7. The molecule has 4 rings (SSSR count). The Morgan fingerprint density at radius 1 is 1.10 bits per heavy atom. The molecule has 2 nitrogen and oxygen atoms in total. The van der Waals surface area contributed by atoms with Crippen molar-refractivity contribution in [1.29, 1.82) is 5.26 Å². The highest BCUT2D eigenvalue weighted by molar-refractivity contribution is 5.14. The second kappa shape index (κ2) is 4.23. The standard InChI is InChI=1S/C18H30N2/c1-15(2,13-19)5-6-20-18-9-14-7-16(3,11-18)10-17(4,8-14)12-18/h14,20H,5-12H2,1-4H3. The molecular weight excluding hydrogens is 244 g/mol. The highest BCUT2D eigenvalue weighted by Gasteiger charge is 2.59. The molecule has 4 saturated carbocycles. The summed E-state index contributed by atoms with van der Waals surface area (Å²) in [4.78, 5) is 0. The summed E-state index contributed by atoms with van der Waals surface area (Å²) in [7, 11) is 0. The van der Waals surface area contributed by atoms with Crippen LogP contribution in [0.3, 0.4) is 0 Å². The smallest absolute Gasteiger partial charge is 0.0684 e. The second-order valence-electron chi connectivity index (χ2n) is 9.58. The number of hydrogen-bond donors (Lipinski definition) is 1. The molecule has 0 aliphatic heterocycles. The minimum Gasteiger partial charge on any atom is -0.311 e. The largest absolute Gasteiger partial charge is 0.311 e. The van der Waals surface area contributed by atoms with Gasteiger partial charge in [0.15, 0.2) is 0 Å². The Balaban J connectivity index is 1.69. The number of rotatable bonds is 4. The quantitative estimate of drug-likeness (QED) is 0.831. The van der Waals surface area contributed by atoms with Gasteiger partial charge in [-0.25, -0.2) is 0 Å². The third-order valence-electron chi connectivity index (χ3n) is 6.18. The molecule has 20 heavy (non-hydrogen) atoms. The van der Waals surface area contributed by atoms with Crippen LogP contribution in [-0.2, 0) is 0 Å². The van der Waals surface area contributed by atoms with Crippen molar-refractivity contribution < 1.29 is 0 Å². The Kier molecular flexibility index (Phi) is 3.04. The molecule has 4 fully saturated rings. The molecule has 4 aliphatic rings. The Bertz CT molecular complexity index is 427. The first-order valence-corrected chi connectivity index (χ1v) is 8.34. The first-order valence-electron chi connectivity index (χ1n) is 8.34. The number of nitriles is 1. The fraction of sp³-hybridized carbons (Fsp3) is 0.944. The highest BCUT2D eigenvalue weighted by atomic mass is 15.0. The first kappa shape index (κ1) is 14.4. The lowest BCUT2D eigenvalue weighted by Gasteiger charge is -2.65. The lowest BCUT2D eigenvalue weighted by Crippen LogP contribution is -2.64. The third-order valence-corrected chi connectivity index (χ3v) is 6.18. The maximum atomic E-state index is 9.16. The molecule has 2 heteroatoms. The maximum Gasteiger partial charge on any atom is 0.0684 e. The van der Waals surface area contributed by atoms with Crippen LogP contribution in [-0.4, -0.2) is 12.1 Å². The fourth-order valence-corrected chi connectivity index (χ4v) is 6.34.